The van der Waals surface area contributed by atoms with Crippen LogP contribution in [-0.4, -0.2) is 26.8 Å². The Labute approximate surface area is 136 Å². The van der Waals surface area contributed by atoms with E-state index >= 15 is 0 Å². The van der Waals surface area contributed by atoms with Crippen LogP contribution in [0.1, 0.15) is 20.1 Å². The number of hydrogen-bond donors (Lipinski definition) is 0. The molecule has 1 atom stereocenters. The smallest absolute Gasteiger partial charge is 0.485 e. The van der Waals surface area contributed by atoms with Crippen LogP contribution in [0.25, 0.3) is 0 Å². The third kappa shape index (κ3) is 9.03. The van der Waals surface area contributed by atoms with Crippen LogP contribution in [0.4, 0.5) is 13.2 Å². The molecule has 1 rings (SSSR count). The molecule has 0 aromatic carbocycles. The molecule has 1 aromatic heterocycles. The molecule has 0 aliphatic carbocycles. The van der Waals surface area contributed by atoms with Gasteiger partial charge in [0, 0.05) is 18.1 Å². The Bertz CT molecular complexity index is 571. The summed E-state index contributed by atoms with van der Waals surface area (Å²) in [4.78, 5) is 0. The molecule has 0 aliphatic heterocycles. The van der Waals surface area contributed by atoms with Gasteiger partial charge in [-0.2, -0.15) is 17.7 Å². The van der Waals surface area contributed by atoms with Gasteiger partial charge in [0.05, 0.1) is 0 Å². The third-order valence-corrected chi connectivity index (χ3v) is 3.88. The molecule has 1 unspecified atom stereocenters. The van der Waals surface area contributed by atoms with E-state index in [0.29, 0.717) is 5.92 Å². The first-order chi connectivity index (χ1) is 10.1. The molecule has 23 heavy (non-hydrogen) atoms. The highest BCUT2D eigenvalue weighted by Gasteiger charge is 2.37. The summed E-state index contributed by atoms with van der Waals surface area (Å²) in [5.41, 5.74) is -5.65. The van der Waals surface area contributed by atoms with E-state index in [-0.39, 0.29) is 6.23 Å². The van der Waals surface area contributed by atoms with E-state index in [1.54, 1.807) is 0 Å². The first-order valence-electron chi connectivity index (χ1n) is 6.81. The van der Waals surface area contributed by atoms with Crippen LogP contribution >= 0.6 is 0 Å². The van der Waals surface area contributed by atoms with E-state index in [1.807, 2.05) is 18.2 Å². The van der Waals surface area contributed by atoms with Gasteiger partial charge in [-0.15, -0.1) is 0 Å². The maximum atomic E-state index is 10.7. The van der Waals surface area contributed by atoms with Crippen LogP contribution in [0.15, 0.2) is 30.6 Å². The summed E-state index contributed by atoms with van der Waals surface area (Å²) in [6.07, 6.45) is 4.31. The molecule has 0 N–H and O–H groups in total. The highest BCUT2D eigenvalue weighted by atomic mass is 32.2. The Kier molecular flexibility index (Phi) is 7.87. The Morgan fingerprint density at radius 2 is 1.48 bits per heavy atom. The lowest BCUT2D eigenvalue weighted by molar-refractivity contribution is -0.762. The number of hydrogen-bond acceptors (Lipinski definition) is 4. The van der Waals surface area contributed by atoms with Crippen molar-refractivity contribution in [2.75, 3.05) is 0 Å². The molecule has 0 amide bonds. The van der Waals surface area contributed by atoms with Crippen LogP contribution in [0, 0.1) is 5.92 Å². The fourth-order valence-electron chi connectivity index (χ4n) is 1.49. The number of alkyl halides is 3. The predicted molar refractivity (Wildman–Crippen MR) is 80.7 cm³/mol. The summed E-state index contributed by atoms with van der Waals surface area (Å²) in [6.45, 7) is 11.1. The van der Waals surface area contributed by atoms with Gasteiger partial charge in [0.25, 0.3) is 6.23 Å². The lowest BCUT2D eigenvalue weighted by atomic mass is 10.2. The normalized spacial score (nSPS) is 14.2. The topological polar surface area (TPSA) is 70.3 Å². The number of rotatable bonds is 4. The maximum absolute atomic E-state index is 10.7. The van der Waals surface area contributed by atoms with Crippen molar-refractivity contribution < 1.29 is 35.1 Å². The minimum atomic E-state index is -6.09. The van der Waals surface area contributed by atoms with Crippen molar-refractivity contribution in [2.45, 2.75) is 45.2 Å². The van der Waals surface area contributed by atoms with E-state index in [9.17, 15) is 13.2 Å². The van der Waals surface area contributed by atoms with Gasteiger partial charge in [-0.1, -0.05) is 19.9 Å². The average molecular weight is 373 g/mol. The summed E-state index contributed by atoms with van der Waals surface area (Å²) < 4.78 is 67.2. The molecule has 1 heterocycles. The molecule has 134 valence electrons. The molecule has 0 spiro atoms. The van der Waals surface area contributed by atoms with Crippen molar-refractivity contribution >= 4 is 18.4 Å². The lowest BCUT2D eigenvalue weighted by Crippen LogP contribution is -2.47. The van der Waals surface area contributed by atoms with Gasteiger partial charge in [0.2, 0.25) is 0 Å². The highest BCUT2D eigenvalue weighted by Crippen LogP contribution is 2.20. The van der Waals surface area contributed by atoms with E-state index in [0.717, 1.165) is 0 Å². The van der Waals surface area contributed by atoms with Crippen LogP contribution in [-0.2, 0) is 14.5 Å². The summed E-state index contributed by atoms with van der Waals surface area (Å²) in [5.74, 6) is 0.490. The van der Waals surface area contributed by atoms with Gasteiger partial charge in [-0.3, -0.25) is 0 Å². The second-order valence-electron chi connectivity index (χ2n) is 6.09. The summed E-state index contributed by atoms with van der Waals surface area (Å²) in [5, 5.41) is 0. The summed E-state index contributed by atoms with van der Waals surface area (Å²) in [6, 6.07) is 6.12. The minimum Gasteiger partial charge on any atom is -0.741 e. The van der Waals surface area contributed by atoms with Gasteiger partial charge >= 0.3 is 5.51 Å². The largest absolute Gasteiger partial charge is 0.741 e. The Balaban J connectivity index is 0.000000515. The van der Waals surface area contributed by atoms with Gasteiger partial charge < -0.3 is 8.98 Å². The Morgan fingerprint density at radius 1 is 1.09 bits per heavy atom. The van der Waals surface area contributed by atoms with Crippen LogP contribution in [0.2, 0.25) is 19.6 Å². The molecule has 0 saturated carbocycles. The SMILES string of the molecule is CC(C)C(O[Si](C)(C)C)[n+]1ccccc1.O=S(=O)([O-])C(F)(F)F. The van der Waals surface area contributed by atoms with Crippen molar-refractivity contribution in [2.24, 2.45) is 5.92 Å². The molecule has 0 bridgehead atoms. The zero-order valence-corrected chi connectivity index (χ0v) is 15.5. The van der Waals surface area contributed by atoms with Gasteiger partial charge in [-0.25, -0.2) is 8.42 Å². The second-order valence-corrected chi connectivity index (χ2v) is 11.9. The van der Waals surface area contributed by atoms with Gasteiger partial charge in [-0.05, 0) is 19.6 Å². The number of pyridine rings is 1. The summed E-state index contributed by atoms with van der Waals surface area (Å²) >= 11 is 0. The third-order valence-electron chi connectivity index (χ3n) is 2.36. The van der Waals surface area contributed by atoms with Gasteiger partial charge in [0.15, 0.2) is 30.8 Å². The molecule has 0 radical (unpaired) electrons. The molecular formula is C13H22F3NO4SSi. The second kappa shape index (κ2) is 8.22. The quantitative estimate of drug-likeness (QED) is 0.352. The first kappa shape index (κ1) is 22.0. The van der Waals surface area contributed by atoms with Crippen molar-refractivity contribution in [1.29, 1.82) is 0 Å². The fourth-order valence-corrected chi connectivity index (χ4v) is 2.60. The van der Waals surface area contributed by atoms with E-state index in [2.05, 4.69) is 50.4 Å². The molecule has 0 fully saturated rings. The van der Waals surface area contributed by atoms with Crippen molar-refractivity contribution in [3.63, 3.8) is 0 Å². The number of nitrogens with zero attached hydrogens (tertiary/aromatic N) is 1. The van der Waals surface area contributed by atoms with Gasteiger partial charge in [0.1, 0.15) is 0 Å². The van der Waals surface area contributed by atoms with Crippen LogP contribution < -0.4 is 4.57 Å². The Morgan fingerprint density at radius 3 is 1.74 bits per heavy atom. The van der Waals surface area contributed by atoms with E-state index in [1.165, 1.54) is 0 Å². The molecule has 0 saturated heterocycles. The molecule has 0 aliphatic rings. The zero-order chi connectivity index (χ0) is 18.5. The molecule has 5 nitrogen and oxygen atoms in total. The predicted octanol–water partition coefficient (Wildman–Crippen LogP) is 3.03. The number of aromatic nitrogens is 1. The summed E-state index contributed by atoms with van der Waals surface area (Å²) in [7, 11) is -7.58. The zero-order valence-electron chi connectivity index (χ0n) is 13.7. The fraction of sp³-hybridized carbons (Fsp3) is 0.615. The average Bonchev–Trinajstić information content (AvgIpc) is 2.34. The minimum absolute atomic E-state index is 0.165. The Hall–Kier alpha value is -0.973. The van der Waals surface area contributed by atoms with Crippen molar-refractivity contribution in [1.82, 2.24) is 0 Å². The standard InChI is InChI=1S/C12H22NOSi.CHF3O3S/c1-11(2)12(14-15(3,4)5)13-9-7-6-8-10-13;2-1(3,4)8(5,6)7/h6-12H,1-5H3;(H,5,6,7)/q+1;/p-1. The first-order valence-corrected chi connectivity index (χ1v) is 11.6. The molecule has 1 aromatic rings. The van der Waals surface area contributed by atoms with Crippen molar-refractivity contribution in [3.8, 4) is 0 Å². The molecular weight excluding hydrogens is 351 g/mol. The number of halogens is 3. The van der Waals surface area contributed by atoms with Crippen LogP contribution in [0.5, 0.6) is 0 Å². The van der Waals surface area contributed by atoms with Crippen molar-refractivity contribution in [3.05, 3.63) is 30.6 Å². The van der Waals surface area contributed by atoms with E-state index in [4.69, 9.17) is 17.4 Å². The lowest BCUT2D eigenvalue weighted by Gasteiger charge is -2.24. The molecule has 10 heteroatoms. The maximum Gasteiger partial charge on any atom is 0.485 e. The monoisotopic (exact) mass is 373 g/mol. The van der Waals surface area contributed by atoms with E-state index < -0.39 is 23.9 Å². The van der Waals surface area contributed by atoms with Crippen LogP contribution in [0.3, 0.4) is 0 Å². The highest BCUT2D eigenvalue weighted by molar-refractivity contribution is 7.86.